The van der Waals surface area contributed by atoms with Gasteiger partial charge in [-0.1, -0.05) is 12.1 Å². The summed E-state index contributed by atoms with van der Waals surface area (Å²) in [6.07, 6.45) is 7.05. The monoisotopic (exact) mass is 363 g/mol. The lowest BCUT2D eigenvalue weighted by atomic mass is 9.98. The maximum Gasteiger partial charge on any atom is 0.104 e. The second-order valence-electron chi connectivity index (χ2n) is 6.69. The lowest BCUT2D eigenvalue weighted by molar-refractivity contribution is 0.0190. The molecule has 0 fully saturated rings. The summed E-state index contributed by atoms with van der Waals surface area (Å²) in [4.78, 5) is 8.08. The number of pyridine rings is 2. The first-order valence-electron chi connectivity index (χ1n) is 9.14. The minimum Gasteiger partial charge on any atom is -0.391 e. The SMILES string of the molecule is C[C@H](O)[C@@H](O)[C@H](Nc1cccc(CCc2ccncc2)c1)c1ccncc1. The summed E-state index contributed by atoms with van der Waals surface area (Å²) in [6, 6.07) is 15.5. The summed E-state index contributed by atoms with van der Waals surface area (Å²) in [7, 11) is 0. The summed E-state index contributed by atoms with van der Waals surface area (Å²) in [6.45, 7) is 1.59. The standard InChI is InChI=1S/C22H25N3O2/c1-16(26)22(27)21(19-9-13-24-14-10-19)25-20-4-2-3-18(15-20)6-5-17-7-11-23-12-8-17/h2-4,7-16,21-22,25-27H,5-6H2,1H3/t16-,21+,22+/m0/s1. The van der Waals surface area contributed by atoms with E-state index in [1.165, 1.54) is 11.1 Å². The smallest absolute Gasteiger partial charge is 0.104 e. The molecule has 0 saturated heterocycles. The predicted octanol–water partition coefficient (Wildman–Crippen LogP) is 3.16. The number of nitrogens with zero attached hydrogens (tertiary/aromatic N) is 2. The number of hydrogen-bond acceptors (Lipinski definition) is 5. The van der Waals surface area contributed by atoms with Crippen molar-refractivity contribution in [2.45, 2.75) is 38.0 Å². The van der Waals surface area contributed by atoms with Crippen molar-refractivity contribution < 1.29 is 10.2 Å². The maximum atomic E-state index is 10.5. The molecule has 0 bridgehead atoms. The molecule has 0 aliphatic heterocycles. The zero-order valence-electron chi connectivity index (χ0n) is 15.4. The molecule has 27 heavy (non-hydrogen) atoms. The van der Waals surface area contributed by atoms with Crippen LogP contribution in [0.1, 0.15) is 29.7 Å². The van der Waals surface area contributed by atoms with Crippen LogP contribution in [0.25, 0.3) is 0 Å². The van der Waals surface area contributed by atoms with Gasteiger partial charge in [0.1, 0.15) is 6.10 Å². The lowest BCUT2D eigenvalue weighted by Gasteiger charge is -2.27. The summed E-state index contributed by atoms with van der Waals surface area (Å²) < 4.78 is 0. The number of nitrogens with one attached hydrogen (secondary N) is 1. The van der Waals surface area contributed by atoms with Gasteiger partial charge in [-0.2, -0.15) is 0 Å². The van der Waals surface area contributed by atoms with Gasteiger partial charge in [0.05, 0.1) is 12.1 Å². The van der Waals surface area contributed by atoms with Gasteiger partial charge in [-0.25, -0.2) is 0 Å². The molecule has 1 aromatic carbocycles. The Balaban J connectivity index is 1.74. The summed E-state index contributed by atoms with van der Waals surface area (Å²) in [5.41, 5.74) is 4.24. The minimum atomic E-state index is -0.937. The van der Waals surface area contributed by atoms with Gasteiger partial charge in [0.2, 0.25) is 0 Å². The third-order valence-corrected chi connectivity index (χ3v) is 4.60. The quantitative estimate of drug-likeness (QED) is 0.573. The number of benzene rings is 1. The molecule has 2 aromatic heterocycles. The average Bonchev–Trinajstić information content (AvgIpc) is 2.71. The number of hydrogen-bond donors (Lipinski definition) is 3. The van der Waals surface area contributed by atoms with Crippen LogP contribution in [0.3, 0.4) is 0 Å². The van der Waals surface area contributed by atoms with Crippen LogP contribution in [0, 0.1) is 0 Å². The second-order valence-corrected chi connectivity index (χ2v) is 6.69. The molecule has 0 saturated carbocycles. The molecule has 3 aromatic rings. The molecule has 0 aliphatic rings. The van der Waals surface area contributed by atoms with Crippen molar-refractivity contribution in [2.24, 2.45) is 0 Å². The molecule has 0 unspecified atom stereocenters. The van der Waals surface area contributed by atoms with Gasteiger partial charge in [0.25, 0.3) is 0 Å². The molecule has 3 rings (SSSR count). The Morgan fingerprint density at radius 3 is 2.15 bits per heavy atom. The van der Waals surface area contributed by atoms with Crippen molar-refractivity contribution in [1.82, 2.24) is 9.97 Å². The van der Waals surface area contributed by atoms with Crippen molar-refractivity contribution in [1.29, 1.82) is 0 Å². The number of anilines is 1. The van der Waals surface area contributed by atoms with E-state index in [9.17, 15) is 10.2 Å². The Morgan fingerprint density at radius 1 is 0.852 bits per heavy atom. The Hall–Kier alpha value is -2.76. The van der Waals surface area contributed by atoms with Crippen LogP contribution < -0.4 is 5.32 Å². The van der Waals surface area contributed by atoms with E-state index in [4.69, 9.17) is 0 Å². The van der Waals surface area contributed by atoms with Crippen molar-refractivity contribution in [3.63, 3.8) is 0 Å². The van der Waals surface area contributed by atoms with Crippen LogP contribution in [0.5, 0.6) is 0 Å². The Morgan fingerprint density at radius 2 is 1.48 bits per heavy atom. The van der Waals surface area contributed by atoms with Gasteiger partial charge in [0, 0.05) is 30.5 Å². The summed E-state index contributed by atoms with van der Waals surface area (Å²) in [5.74, 6) is 0. The first-order valence-corrected chi connectivity index (χ1v) is 9.14. The zero-order valence-corrected chi connectivity index (χ0v) is 15.4. The van der Waals surface area contributed by atoms with Crippen molar-refractivity contribution in [2.75, 3.05) is 5.32 Å². The molecular weight excluding hydrogens is 338 g/mol. The van der Waals surface area contributed by atoms with E-state index in [-0.39, 0.29) is 0 Å². The van der Waals surface area contributed by atoms with Gasteiger partial charge in [-0.05, 0) is 72.9 Å². The van der Waals surface area contributed by atoms with E-state index in [2.05, 4.69) is 27.4 Å². The fourth-order valence-electron chi connectivity index (χ4n) is 3.05. The number of aromatic nitrogens is 2. The van der Waals surface area contributed by atoms with Crippen LogP contribution in [-0.2, 0) is 12.8 Å². The van der Waals surface area contributed by atoms with E-state index in [1.807, 2.05) is 48.8 Å². The maximum absolute atomic E-state index is 10.5. The zero-order chi connectivity index (χ0) is 19.1. The van der Waals surface area contributed by atoms with E-state index in [0.29, 0.717) is 0 Å². The highest BCUT2D eigenvalue weighted by atomic mass is 16.3. The van der Waals surface area contributed by atoms with Gasteiger partial charge in [-0.3, -0.25) is 9.97 Å². The van der Waals surface area contributed by atoms with E-state index >= 15 is 0 Å². The fraction of sp³-hybridized carbons (Fsp3) is 0.273. The third-order valence-electron chi connectivity index (χ3n) is 4.60. The molecule has 5 heteroatoms. The van der Waals surface area contributed by atoms with E-state index < -0.39 is 18.2 Å². The molecule has 0 amide bonds. The van der Waals surface area contributed by atoms with Gasteiger partial charge >= 0.3 is 0 Å². The average molecular weight is 363 g/mol. The molecule has 3 atom stereocenters. The number of rotatable bonds is 8. The first kappa shape index (κ1) is 19.0. The van der Waals surface area contributed by atoms with Crippen molar-refractivity contribution >= 4 is 5.69 Å². The summed E-state index contributed by atoms with van der Waals surface area (Å²) >= 11 is 0. The van der Waals surface area contributed by atoms with Gasteiger partial charge < -0.3 is 15.5 Å². The van der Waals surface area contributed by atoms with Crippen LogP contribution in [-0.4, -0.2) is 32.4 Å². The van der Waals surface area contributed by atoms with Crippen molar-refractivity contribution in [3.8, 4) is 0 Å². The predicted molar refractivity (Wildman–Crippen MR) is 106 cm³/mol. The minimum absolute atomic E-state index is 0.427. The van der Waals surface area contributed by atoms with Gasteiger partial charge in [0.15, 0.2) is 0 Å². The third kappa shape index (κ3) is 5.36. The van der Waals surface area contributed by atoms with Crippen LogP contribution in [0.4, 0.5) is 5.69 Å². The van der Waals surface area contributed by atoms with Crippen molar-refractivity contribution in [3.05, 3.63) is 90.0 Å². The second kappa shape index (κ2) is 9.26. The molecular formula is C22H25N3O2. The molecule has 0 radical (unpaired) electrons. The largest absolute Gasteiger partial charge is 0.391 e. The van der Waals surface area contributed by atoms with Crippen LogP contribution in [0.15, 0.2) is 73.3 Å². The Labute approximate surface area is 159 Å². The number of aryl methyl sites for hydroxylation is 2. The highest BCUT2D eigenvalue weighted by Gasteiger charge is 2.25. The number of aliphatic hydroxyl groups excluding tert-OH is 2. The topological polar surface area (TPSA) is 78.3 Å². The number of aliphatic hydroxyl groups is 2. The molecule has 2 heterocycles. The van der Waals surface area contributed by atoms with E-state index in [1.54, 1.807) is 19.3 Å². The highest BCUT2D eigenvalue weighted by molar-refractivity contribution is 5.48. The molecule has 3 N–H and O–H groups in total. The highest BCUT2D eigenvalue weighted by Crippen LogP contribution is 2.25. The Kier molecular flexibility index (Phi) is 6.52. The van der Waals surface area contributed by atoms with Crippen LogP contribution >= 0.6 is 0 Å². The molecule has 0 aliphatic carbocycles. The normalized spacial score (nSPS) is 14.3. The lowest BCUT2D eigenvalue weighted by Crippen LogP contribution is -2.34. The molecule has 0 spiro atoms. The molecule has 5 nitrogen and oxygen atoms in total. The molecule has 140 valence electrons. The fourth-order valence-corrected chi connectivity index (χ4v) is 3.05. The van der Waals surface area contributed by atoms with E-state index in [0.717, 1.165) is 24.1 Å². The van der Waals surface area contributed by atoms with Crippen LogP contribution in [0.2, 0.25) is 0 Å². The van der Waals surface area contributed by atoms with Gasteiger partial charge in [-0.15, -0.1) is 0 Å². The Bertz CT molecular complexity index is 825. The first-order chi connectivity index (χ1) is 13.1. The summed E-state index contributed by atoms with van der Waals surface area (Å²) in [5, 5.41) is 23.7.